The van der Waals surface area contributed by atoms with Crippen LogP contribution in [0.5, 0.6) is 0 Å². The van der Waals surface area contributed by atoms with E-state index >= 15 is 0 Å². The number of carbonyl (C=O) groups is 1. The minimum absolute atomic E-state index is 0.0514. The monoisotopic (exact) mass is 292 g/mol. The smallest absolute Gasteiger partial charge is 0.239 e. The van der Waals surface area contributed by atoms with Gasteiger partial charge in [0.2, 0.25) is 5.91 Å². The molecule has 0 saturated carbocycles. The molecule has 0 aromatic rings. The predicted octanol–water partition coefficient (Wildman–Crippen LogP) is -0.307. The van der Waals surface area contributed by atoms with E-state index in [0.717, 1.165) is 0 Å². The Balaban J connectivity index is 2.43. The molecule has 1 aliphatic heterocycles. The molecule has 0 aromatic heterocycles. The summed E-state index contributed by atoms with van der Waals surface area (Å²) in [4.78, 5) is 11.9. The molecular formula is C12H24N2O4S. The molecule has 112 valence electrons. The molecule has 19 heavy (non-hydrogen) atoms. The summed E-state index contributed by atoms with van der Waals surface area (Å²) in [6.45, 7) is 8.13. The maximum Gasteiger partial charge on any atom is 0.239 e. The predicted molar refractivity (Wildman–Crippen MR) is 73.8 cm³/mol. The molecule has 1 amide bonds. The molecule has 1 saturated heterocycles. The molecule has 0 bridgehead atoms. The Morgan fingerprint density at radius 3 is 2.58 bits per heavy atom. The molecule has 0 spiro atoms. The molecule has 1 aliphatic rings. The first-order valence-electron chi connectivity index (χ1n) is 6.50. The number of morpholine rings is 1. The Hall–Kier alpha value is -0.660. The highest BCUT2D eigenvalue weighted by Gasteiger charge is 2.30. The van der Waals surface area contributed by atoms with Crippen molar-refractivity contribution >= 4 is 15.7 Å². The van der Waals surface area contributed by atoms with Crippen molar-refractivity contribution in [3.63, 3.8) is 0 Å². The van der Waals surface area contributed by atoms with Crippen LogP contribution in [0.3, 0.4) is 0 Å². The summed E-state index contributed by atoms with van der Waals surface area (Å²) in [6, 6.07) is -0.411. The van der Waals surface area contributed by atoms with Gasteiger partial charge in [-0.2, -0.15) is 0 Å². The van der Waals surface area contributed by atoms with E-state index in [4.69, 9.17) is 4.74 Å². The first-order valence-corrected chi connectivity index (χ1v) is 8.15. The number of carbonyl (C=O) groups excluding carboxylic acids is 1. The van der Waals surface area contributed by atoms with E-state index in [0.29, 0.717) is 13.2 Å². The van der Waals surface area contributed by atoms with Crippen molar-refractivity contribution in [1.82, 2.24) is 10.6 Å². The number of sulfone groups is 1. The van der Waals surface area contributed by atoms with Gasteiger partial charge in [-0.05, 0) is 27.7 Å². The molecule has 0 unspecified atom stereocenters. The number of hydrogen-bond acceptors (Lipinski definition) is 5. The number of nitrogens with one attached hydrogen (secondary N) is 2. The highest BCUT2D eigenvalue weighted by molar-refractivity contribution is 7.92. The average Bonchev–Trinajstić information content (AvgIpc) is 2.27. The topological polar surface area (TPSA) is 84.5 Å². The molecule has 1 fully saturated rings. The Bertz CT molecular complexity index is 414. The average molecular weight is 292 g/mol. The van der Waals surface area contributed by atoms with Crippen LogP contribution in [0, 0.1) is 0 Å². The standard InChI is InChI=1S/C12H24N2O4S/c1-9-10(13-5-7-18-9)11(15)14-6-8-19(16,17)12(2,3)4/h9-10,13H,5-8H2,1-4H3,(H,14,15)/t9-,10+/m1/s1. The van der Waals surface area contributed by atoms with Crippen LogP contribution in [0.15, 0.2) is 0 Å². The maximum atomic E-state index is 11.9. The largest absolute Gasteiger partial charge is 0.375 e. The van der Waals surface area contributed by atoms with E-state index in [1.54, 1.807) is 20.8 Å². The van der Waals surface area contributed by atoms with Gasteiger partial charge in [-0.3, -0.25) is 4.79 Å². The van der Waals surface area contributed by atoms with Crippen LogP contribution in [-0.4, -0.2) is 56.7 Å². The van der Waals surface area contributed by atoms with Gasteiger partial charge in [-0.1, -0.05) is 0 Å². The van der Waals surface area contributed by atoms with Crippen molar-refractivity contribution in [2.24, 2.45) is 0 Å². The molecule has 0 aliphatic carbocycles. The SMILES string of the molecule is C[C@H]1OCCN[C@@H]1C(=O)NCCS(=O)(=O)C(C)(C)C. The van der Waals surface area contributed by atoms with Crippen LogP contribution < -0.4 is 10.6 Å². The lowest BCUT2D eigenvalue weighted by atomic mass is 10.1. The van der Waals surface area contributed by atoms with Crippen molar-refractivity contribution in [2.75, 3.05) is 25.4 Å². The normalized spacial score (nSPS) is 25.1. The molecule has 0 radical (unpaired) electrons. The van der Waals surface area contributed by atoms with Gasteiger partial charge in [0.15, 0.2) is 9.84 Å². The fourth-order valence-corrected chi connectivity index (χ4v) is 2.74. The van der Waals surface area contributed by atoms with E-state index in [9.17, 15) is 13.2 Å². The van der Waals surface area contributed by atoms with Crippen LogP contribution in [0.4, 0.5) is 0 Å². The number of hydrogen-bond donors (Lipinski definition) is 2. The minimum Gasteiger partial charge on any atom is -0.375 e. The fourth-order valence-electron chi connectivity index (χ4n) is 1.75. The zero-order valence-corrected chi connectivity index (χ0v) is 12.8. The van der Waals surface area contributed by atoms with E-state index in [-0.39, 0.29) is 24.3 Å². The summed E-state index contributed by atoms with van der Waals surface area (Å²) < 4.78 is 28.3. The highest BCUT2D eigenvalue weighted by Crippen LogP contribution is 2.15. The molecule has 7 heteroatoms. The fraction of sp³-hybridized carbons (Fsp3) is 0.917. The van der Waals surface area contributed by atoms with Gasteiger partial charge in [-0.25, -0.2) is 8.42 Å². The highest BCUT2D eigenvalue weighted by atomic mass is 32.2. The summed E-state index contributed by atoms with van der Waals surface area (Å²) in [5, 5.41) is 5.71. The van der Waals surface area contributed by atoms with Gasteiger partial charge in [0.25, 0.3) is 0 Å². The number of ether oxygens (including phenoxy) is 1. The van der Waals surface area contributed by atoms with Gasteiger partial charge in [-0.15, -0.1) is 0 Å². The molecule has 6 nitrogen and oxygen atoms in total. The van der Waals surface area contributed by atoms with Crippen molar-refractivity contribution in [3.8, 4) is 0 Å². The summed E-state index contributed by atoms with van der Waals surface area (Å²) in [7, 11) is -3.20. The molecule has 2 N–H and O–H groups in total. The summed E-state index contributed by atoms with van der Waals surface area (Å²) in [5.74, 6) is -0.263. The summed E-state index contributed by atoms with van der Waals surface area (Å²) in [5.41, 5.74) is 0. The van der Waals surface area contributed by atoms with Crippen LogP contribution in [0.2, 0.25) is 0 Å². The Morgan fingerprint density at radius 1 is 1.42 bits per heavy atom. The number of amides is 1. The van der Waals surface area contributed by atoms with Crippen LogP contribution in [0.25, 0.3) is 0 Å². The minimum atomic E-state index is -3.20. The van der Waals surface area contributed by atoms with Crippen molar-refractivity contribution < 1.29 is 17.9 Å². The van der Waals surface area contributed by atoms with Crippen molar-refractivity contribution in [3.05, 3.63) is 0 Å². The second kappa shape index (κ2) is 6.19. The van der Waals surface area contributed by atoms with Crippen LogP contribution in [0.1, 0.15) is 27.7 Å². The second-order valence-corrected chi connectivity index (χ2v) is 8.59. The third-order valence-electron chi connectivity index (χ3n) is 3.20. The molecule has 1 rings (SSSR count). The van der Waals surface area contributed by atoms with Gasteiger partial charge in [0.1, 0.15) is 6.04 Å². The zero-order chi connectivity index (χ0) is 14.7. The van der Waals surface area contributed by atoms with E-state index in [2.05, 4.69) is 10.6 Å². The van der Waals surface area contributed by atoms with E-state index in [1.165, 1.54) is 0 Å². The molecule has 0 aromatic carbocycles. The van der Waals surface area contributed by atoms with Crippen molar-refractivity contribution in [2.45, 2.75) is 44.6 Å². The summed E-state index contributed by atoms with van der Waals surface area (Å²) in [6.07, 6.45) is -0.201. The molecule has 2 atom stereocenters. The Kier molecular flexibility index (Phi) is 5.34. The van der Waals surface area contributed by atoms with E-state index in [1.807, 2.05) is 6.92 Å². The van der Waals surface area contributed by atoms with Gasteiger partial charge >= 0.3 is 0 Å². The number of rotatable bonds is 4. The van der Waals surface area contributed by atoms with Gasteiger partial charge in [0, 0.05) is 13.1 Å². The Morgan fingerprint density at radius 2 is 2.05 bits per heavy atom. The first kappa shape index (κ1) is 16.4. The lowest BCUT2D eigenvalue weighted by Crippen LogP contribution is -2.56. The van der Waals surface area contributed by atoms with Crippen molar-refractivity contribution in [1.29, 1.82) is 0 Å². The lowest BCUT2D eigenvalue weighted by Gasteiger charge is -2.29. The van der Waals surface area contributed by atoms with Crippen LogP contribution >= 0.6 is 0 Å². The lowest BCUT2D eigenvalue weighted by molar-refractivity contribution is -0.128. The van der Waals surface area contributed by atoms with E-state index < -0.39 is 20.6 Å². The van der Waals surface area contributed by atoms with Gasteiger partial charge < -0.3 is 15.4 Å². The van der Waals surface area contributed by atoms with Gasteiger partial charge in [0.05, 0.1) is 23.2 Å². The molecule has 1 heterocycles. The Labute approximate surface area is 115 Å². The zero-order valence-electron chi connectivity index (χ0n) is 12.0. The maximum absolute atomic E-state index is 11.9. The van der Waals surface area contributed by atoms with Crippen LogP contribution in [-0.2, 0) is 19.4 Å². The third kappa shape index (κ3) is 4.43. The quantitative estimate of drug-likeness (QED) is 0.743. The first-order chi connectivity index (χ1) is 8.65. The third-order valence-corrected chi connectivity index (χ3v) is 5.81. The second-order valence-electron chi connectivity index (χ2n) is 5.73. The molecular weight excluding hydrogens is 268 g/mol. The summed E-state index contributed by atoms with van der Waals surface area (Å²) >= 11 is 0.